The van der Waals surface area contributed by atoms with Crippen LogP contribution in [0.2, 0.25) is 0 Å². The molecule has 0 N–H and O–H groups in total. The molecule has 3 heteroatoms. The molecular weight excluding hydrogens is 252 g/mol. The first-order valence-corrected chi connectivity index (χ1v) is 7.90. The molecular formula is C16H21N2S+. The molecule has 1 aliphatic rings. The van der Waals surface area contributed by atoms with Crippen LogP contribution in [0.5, 0.6) is 0 Å². The molecule has 0 fully saturated rings. The lowest BCUT2D eigenvalue weighted by Crippen LogP contribution is -2.32. The molecule has 0 saturated carbocycles. The number of nitrogens with zero attached hydrogens (tertiary/aromatic N) is 2. The van der Waals surface area contributed by atoms with Crippen LogP contribution in [0.4, 0.5) is 0 Å². The van der Waals surface area contributed by atoms with Crippen LogP contribution in [0.15, 0.2) is 41.7 Å². The van der Waals surface area contributed by atoms with E-state index in [9.17, 15) is 0 Å². The minimum atomic E-state index is 0.187. The summed E-state index contributed by atoms with van der Waals surface area (Å²) in [6, 6.07) is 10.7. The van der Waals surface area contributed by atoms with E-state index in [2.05, 4.69) is 66.4 Å². The zero-order chi connectivity index (χ0) is 13.5. The zero-order valence-corrected chi connectivity index (χ0v) is 12.7. The third-order valence-electron chi connectivity index (χ3n) is 3.54. The number of benzene rings is 1. The molecule has 0 saturated heterocycles. The van der Waals surface area contributed by atoms with Gasteiger partial charge in [-0.05, 0) is 30.3 Å². The minimum absolute atomic E-state index is 0.187. The number of fused-ring (bicyclic) bond motifs is 1. The van der Waals surface area contributed by atoms with Crippen molar-refractivity contribution < 1.29 is 4.57 Å². The average molecular weight is 273 g/mol. The second-order valence-electron chi connectivity index (χ2n) is 6.11. The number of rotatable bonds is 1. The predicted octanol–water partition coefficient (Wildman–Crippen LogP) is 3.56. The summed E-state index contributed by atoms with van der Waals surface area (Å²) in [6.07, 6.45) is 3.59. The van der Waals surface area contributed by atoms with Crippen LogP contribution in [0.25, 0.3) is 5.69 Å². The average Bonchev–Trinajstić information content (AvgIpc) is 2.79. The summed E-state index contributed by atoms with van der Waals surface area (Å²) in [7, 11) is 0. The second kappa shape index (κ2) is 4.71. The smallest absolute Gasteiger partial charge is 0.221 e. The normalized spacial score (nSPS) is 15.3. The molecule has 2 heterocycles. The van der Waals surface area contributed by atoms with Gasteiger partial charge in [0.15, 0.2) is 0 Å². The van der Waals surface area contributed by atoms with E-state index in [0.29, 0.717) is 0 Å². The molecule has 2 aromatic rings. The highest BCUT2D eigenvalue weighted by Gasteiger charge is 2.33. The largest absolute Gasteiger partial charge is 0.323 e. The van der Waals surface area contributed by atoms with Crippen molar-refractivity contribution in [3.63, 3.8) is 0 Å². The minimum Gasteiger partial charge on any atom is -0.221 e. The van der Waals surface area contributed by atoms with Gasteiger partial charge in [-0.25, -0.2) is 4.57 Å². The molecule has 0 unspecified atom stereocenters. The summed E-state index contributed by atoms with van der Waals surface area (Å²) in [5, 5.41) is 1.38. The standard InChI is InChI=1S/C16H21N2S/c1-16(2,3)14-12-18(13-8-5-4-6-9-13)15-17(14)10-7-11-19-15/h4-6,8-9,12H,7,10-11H2,1-3H3/q+1. The molecule has 1 aromatic heterocycles. The molecule has 3 rings (SSSR count). The number of hydrogen-bond donors (Lipinski definition) is 0. The second-order valence-corrected chi connectivity index (χ2v) is 7.17. The maximum Gasteiger partial charge on any atom is 0.323 e. The Kier molecular flexibility index (Phi) is 3.17. The fourth-order valence-electron chi connectivity index (χ4n) is 2.60. The lowest BCUT2D eigenvalue weighted by molar-refractivity contribution is -0.637. The number of para-hydroxylation sites is 1. The Balaban J connectivity index is 2.18. The molecule has 19 heavy (non-hydrogen) atoms. The number of thioether (sulfide) groups is 1. The van der Waals surface area contributed by atoms with Crippen molar-refractivity contribution in [2.45, 2.75) is 44.3 Å². The first-order valence-electron chi connectivity index (χ1n) is 6.91. The van der Waals surface area contributed by atoms with Gasteiger partial charge >= 0.3 is 5.16 Å². The highest BCUT2D eigenvalue weighted by molar-refractivity contribution is 7.99. The highest BCUT2D eigenvalue weighted by atomic mass is 32.2. The van der Waals surface area contributed by atoms with E-state index in [1.807, 2.05) is 11.8 Å². The monoisotopic (exact) mass is 273 g/mol. The van der Waals surface area contributed by atoms with Gasteiger partial charge in [-0.15, -0.1) is 0 Å². The van der Waals surface area contributed by atoms with Gasteiger partial charge in [0.2, 0.25) is 0 Å². The van der Waals surface area contributed by atoms with Crippen molar-refractivity contribution >= 4 is 11.8 Å². The van der Waals surface area contributed by atoms with E-state index in [4.69, 9.17) is 0 Å². The third-order valence-corrected chi connectivity index (χ3v) is 4.71. The van der Waals surface area contributed by atoms with Gasteiger partial charge in [0.1, 0.15) is 17.6 Å². The molecule has 100 valence electrons. The Morgan fingerprint density at radius 1 is 1.16 bits per heavy atom. The van der Waals surface area contributed by atoms with Gasteiger partial charge in [-0.1, -0.05) is 39.0 Å². The molecule has 0 amide bonds. The topological polar surface area (TPSA) is 8.81 Å². The fourth-order valence-corrected chi connectivity index (χ4v) is 3.70. The van der Waals surface area contributed by atoms with Gasteiger partial charge in [0, 0.05) is 11.2 Å². The summed E-state index contributed by atoms with van der Waals surface area (Å²) in [5.74, 6) is 1.22. The molecule has 0 atom stereocenters. The molecule has 2 nitrogen and oxygen atoms in total. The van der Waals surface area contributed by atoms with Crippen molar-refractivity contribution in [3.8, 4) is 5.69 Å². The van der Waals surface area contributed by atoms with Crippen LogP contribution in [0.1, 0.15) is 32.9 Å². The van der Waals surface area contributed by atoms with E-state index in [0.717, 1.165) is 6.54 Å². The van der Waals surface area contributed by atoms with Gasteiger partial charge in [-0.2, -0.15) is 4.57 Å². The van der Waals surface area contributed by atoms with E-state index < -0.39 is 0 Å². The van der Waals surface area contributed by atoms with Crippen molar-refractivity contribution in [1.29, 1.82) is 0 Å². The molecule has 0 radical (unpaired) electrons. The van der Waals surface area contributed by atoms with Crippen molar-refractivity contribution in [2.24, 2.45) is 0 Å². The maximum absolute atomic E-state index is 2.50. The van der Waals surface area contributed by atoms with E-state index in [-0.39, 0.29) is 5.41 Å². The Labute approximate surface area is 119 Å². The number of aromatic nitrogens is 2. The number of imidazole rings is 1. The summed E-state index contributed by atoms with van der Waals surface area (Å²) >= 11 is 1.97. The molecule has 1 aromatic carbocycles. The molecule has 0 bridgehead atoms. The maximum atomic E-state index is 2.50. The van der Waals surface area contributed by atoms with E-state index >= 15 is 0 Å². The van der Waals surface area contributed by atoms with E-state index in [1.165, 1.54) is 28.7 Å². The van der Waals surface area contributed by atoms with Crippen LogP contribution in [-0.2, 0) is 12.0 Å². The number of hydrogen-bond acceptors (Lipinski definition) is 1. The first kappa shape index (κ1) is 12.8. The lowest BCUT2D eigenvalue weighted by atomic mass is 9.92. The summed E-state index contributed by atoms with van der Waals surface area (Å²) < 4.78 is 4.85. The van der Waals surface area contributed by atoms with Crippen LogP contribution in [0.3, 0.4) is 0 Å². The van der Waals surface area contributed by atoms with Gasteiger partial charge < -0.3 is 0 Å². The summed E-state index contributed by atoms with van der Waals surface area (Å²) in [6.45, 7) is 8.04. The zero-order valence-electron chi connectivity index (χ0n) is 11.9. The molecule has 1 aliphatic heterocycles. The summed E-state index contributed by atoms with van der Waals surface area (Å²) in [4.78, 5) is 0. The van der Waals surface area contributed by atoms with Crippen LogP contribution < -0.4 is 4.57 Å². The van der Waals surface area contributed by atoms with Gasteiger partial charge in [0.25, 0.3) is 0 Å². The first-order chi connectivity index (χ1) is 9.07. The SMILES string of the molecule is CC(C)(C)c1c[n+](-c2ccccc2)c2n1CCCS2. The lowest BCUT2D eigenvalue weighted by Gasteiger charge is -2.17. The molecule has 0 aliphatic carbocycles. The van der Waals surface area contributed by atoms with E-state index in [1.54, 1.807) is 0 Å². The van der Waals surface area contributed by atoms with Crippen molar-refractivity contribution in [3.05, 3.63) is 42.2 Å². The van der Waals surface area contributed by atoms with Crippen LogP contribution >= 0.6 is 11.8 Å². The summed E-state index contributed by atoms with van der Waals surface area (Å²) in [5.41, 5.74) is 2.88. The Morgan fingerprint density at radius 2 is 1.89 bits per heavy atom. The quantitative estimate of drug-likeness (QED) is 0.722. The van der Waals surface area contributed by atoms with Crippen molar-refractivity contribution in [2.75, 3.05) is 5.75 Å². The highest BCUT2D eigenvalue weighted by Crippen LogP contribution is 2.30. The predicted molar refractivity (Wildman–Crippen MR) is 80.0 cm³/mol. The molecule has 0 spiro atoms. The fraction of sp³-hybridized carbons (Fsp3) is 0.438. The Morgan fingerprint density at radius 3 is 2.58 bits per heavy atom. The Hall–Kier alpha value is -1.22. The Bertz CT molecular complexity index is 579. The van der Waals surface area contributed by atoms with Gasteiger partial charge in [-0.3, -0.25) is 0 Å². The third kappa shape index (κ3) is 2.32. The van der Waals surface area contributed by atoms with Crippen LogP contribution in [-0.4, -0.2) is 10.3 Å². The van der Waals surface area contributed by atoms with Crippen molar-refractivity contribution in [1.82, 2.24) is 4.57 Å². The van der Waals surface area contributed by atoms with Gasteiger partial charge in [0.05, 0.1) is 6.54 Å². The van der Waals surface area contributed by atoms with Crippen LogP contribution in [0, 0.1) is 0 Å².